The van der Waals surface area contributed by atoms with Crippen molar-refractivity contribution in [2.45, 2.75) is 76.3 Å². The Hall–Kier alpha value is -5.09. The maximum absolute atomic E-state index is 9.99. The molecule has 0 aliphatic carbocycles. The molecule has 0 unspecified atom stereocenters. The number of carboxylic acids is 9. The number of hydrogen-bond donors (Lipinski definition) is 17. The van der Waals surface area contributed by atoms with Gasteiger partial charge in [-0.15, -0.1) is 0 Å². The van der Waals surface area contributed by atoms with Gasteiger partial charge in [-0.2, -0.15) is 0 Å². The zero-order valence-corrected chi connectivity index (χ0v) is 26.7. The van der Waals surface area contributed by atoms with E-state index in [1.807, 2.05) is 0 Å². The lowest BCUT2D eigenvalue weighted by Gasteiger charge is -2.01. The van der Waals surface area contributed by atoms with Crippen LogP contribution in [0.4, 0.5) is 0 Å². The zero-order valence-electron chi connectivity index (χ0n) is 26.7. The van der Waals surface area contributed by atoms with Crippen LogP contribution in [0, 0.1) is 0 Å². The van der Waals surface area contributed by atoms with Crippen LogP contribution in [0.3, 0.4) is 0 Å². The smallest absolute Gasteiger partial charge is 0.322 e. The Balaban J connectivity index is -0.0000000851. The fourth-order valence-corrected chi connectivity index (χ4v) is 0.756. The van der Waals surface area contributed by atoms with Crippen molar-refractivity contribution >= 4 is 53.7 Å². The van der Waals surface area contributed by atoms with E-state index in [0.717, 1.165) is 0 Å². The second kappa shape index (κ2) is 37.4. The number of carboxylic acid groups (broad SMARTS) is 9. The lowest BCUT2D eigenvalue weighted by atomic mass is 10.2. The van der Waals surface area contributed by atoms with Gasteiger partial charge in [0, 0.05) is 6.42 Å². The van der Waals surface area contributed by atoms with Crippen LogP contribution in [0.15, 0.2) is 0 Å². The van der Waals surface area contributed by atoms with E-state index in [4.69, 9.17) is 85.5 Å². The van der Waals surface area contributed by atoms with Gasteiger partial charge in [0.2, 0.25) is 0 Å². The quantitative estimate of drug-likeness (QED) is 0.0838. The van der Waals surface area contributed by atoms with Crippen molar-refractivity contribution in [1.82, 2.24) is 0 Å². The van der Waals surface area contributed by atoms with E-state index >= 15 is 0 Å². The molecule has 26 heteroatoms. The van der Waals surface area contributed by atoms with Gasteiger partial charge < -0.3 is 91.2 Å². The molecule has 0 aliphatic heterocycles. The molecule has 0 radical (unpaired) electrons. The molecule has 0 aliphatic rings. The molecule has 0 saturated carbocycles. The highest BCUT2D eigenvalue weighted by Crippen LogP contribution is 1.93. The Morgan fingerprint density at radius 2 is 0.694 bits per heavy atom. The average Bonchev–Trinajstić information content (AvgIpc) is 2.96. The summed E-state index contributed by atoms with van der Waals surface area (Å²) in [5.74, 6) is -9.73. The van der Waals surface area contributed by atoms with Crippen molar-refractivity contribution in [3.05, 3.63) is 0 Å². The predicted molar refractivity (Wildman–Crippen MR) is 164 cm³/mol. The molecule has 6 atom stereocenters. The molecule has 290 valence electrons. The van der Waals surface area contributed by atoms with Gasteiger partial charge in [0.1, 0.15) is 36.3 Å². The fourth-order valence-electron chi connectivity index (χ4n) is 0.756. The van der Waals surface area contributed by atoms with Crippen LogP contribution in [0.5, 0.6) is 0 Å². The third-order valence-corrected chi connectivity index (χ3v) is 3.56. The van der Waals surface area contributed by atoms with Crippen LogP contribution < -0.4 is 40.1 Å². The monoisotopic (exact) mass is 727 g/mol. The molecular formula is C23H49N7O19. The van der Waals surface area contributed by atoms with Crippen molar-refractivity contribution in [3.63, 3.8) is 0 Å². The number of nitrogens with two attached hydrogens (primary N) is 7. The van der Waals surface area contributed by atoms with E-state index < -0.39 is 103 Å². The van der Waals surface area contributed by atoms with E-state index in [9.17, 15) is 43.2 Å². The van der Waals surface area contributed by atoms with Crippen LogP contribution in [0.1, 0.15) is 40.0 Å². The first-order valence-corrected chi connectivity index (χ1v) is 12.8. The Kier molecular flexibility index (Phi) is 45.3. The average molecular weight is 728 g/mol. The number of hydrogen-bond acceptors (Lipinski definition) is 17. The number of rotatable bonds is 13. The Labute approximate surface area is 278 Å². The summed E-state index contributed by atoms with van der Waals surface area (Å²) >= 11 is 0. The molecule has 0 bridgehead atoms. The summed E-state index contributed by atoms with van der Waals surface area (Å²) in [5, 5.41) is 79.4. The van der Waals surface area contributed by atoms with Gasteiger partial charge in [-0.3, -0.25) is 43.2 Å². The minimum atomic E-state index is -1.29. The molecule has 0 aromatic heterocycles. The fraction of sp³-hybridized carbons (Fsp3) is 0.609. The van der Waals surface area contributed by atoms with Gasteiger partial charge in [0.25, 0.3) is 0 Å². The first kappa shape index (κ1) is 59.3. The van der Waals surface area contributed by atoms with Crippen molar-refractivity contribution < 1.29 is 94.2 Å². The minimum absolute atomic E-state index is 0.0231. The summed E-state index contributed by atoms with van der Waals surface area (Å²) in [5.41, 5.74) is 33.7. The molecule has 0 spiro atoms. The van der Waals surface area contributed by atoms with E-state index in [1.165, 1.54) is 20.8 Å². The molecular weight excluding hydrogens is 678 g/mol. The highest BCUT2D eigenvalue weighted by Gasteiger charge is 2.14. The third kappa shape index (κ3) is 70.5. The molecule has 0 heterocycles. The van der Waals surface area contributed by atoms with E-state index in [-0.39, 0.29) is 19.4 Å². The summed E-state index contributed by atoms with van der Waals surface area (Å²) in [6.07, 6.45) is -0.756. The van der Waals surface area contributed by atoms with Crippen molar-refractivity contribution in [2.75, 3.05) is 13.2 Å². The first-order chi connectivity index (χ1) is 22.0. The third-order valence-electron chi connectivity index (χ3n) is 3.56. The van der Waals surface area contributed by atoms with E-state index in [1.54, 1.807) is 0 Å². The summed E-state index contributed by atoms with van der Waals surface area (Å²) in [6.45, 7) is 3.47. The van der Waals surface area contributed by atoms with Crippen LogP contribution in [0.25, 0.3) is 0 Å². The van der Waals surface area contributed by atoms with E-state index in [0.29, 0.717) is 0 Å². The largest absolute Gasteiger partial charge is 0.481 e. The number of aliphatic hydroxyl groups is 1. The highest BCUT2D eigenvalue weighted by molar-refractivity contribution is 5.80. The molecule has 0 aromatic carbocycles. The van der Waals surface area contributed by atoms with Crippen LogP contribution in [0.2, 0.25) is 0 Å². The summed E-state index contributed by atoms with van der Waals surface area (Å²) < 4.78 is 0. The van der Waals surface area contributed by atoms with Crippen LogP contribution in [-0.4, -0.2) is 154 Å². The summed E-state index contributed by atoms with van der Waals surface area (Å²) in [7, 11) is 0. The molecule has 26 nitrogen and oxygen atoms in total. The summed E-state index contributed by atoms with van der Waals surface area (Å²) in [4.78, 5) is 87.1. The normalized spacial score (nSPS) is 12.6. The van der Waals surface area contributed by atoms with Crippen molar-refractivity contribution in [1.29, 1.82) is 0 Å². The van der Waals surface area contributed by atoms with Gasteiger partial charge in [0.15, 0.2) is 0 Å². The van der Waals surface area contributed by atoms with Crippen LogP contribution in [-0.2, 0) is 43.2 Å². The molecule has 49 heavy (non-hydrogen) atoms. The molecule has 24 N–H and O–H groups in total. The van der Waals surface area contributed by atoms with Gasteiger partial charge >= 0.3 is 53.7 Å². The Bertz CT molecular complexity index is 951. The van der Waals surface area contributed by atoms with Gasteiger partial charge in [0.05, 0.1) is 19.6 Å². The molecule has 0 rings (SSSR count). The molecule has 0 fully saturated rings. The Morgan fingerprint density at radius 3 is 0.776 bits per heavy atom. The molecule has 0 saturated heterocycles. The standard InChI is InChI=1S/C5H9NO4.C4H7NO4.C3H7NO3.3C3H7NO2.C2H5NO2/c6-3(5(9)10)1-2-4(7)8;5-2(4(8)9)1-3(6)7;4-2(1-5)3(6)7;3*1-2(4)3(5)6;3-1-2(4)5/h3H,1-2,6H2,(H,7,8)(H,9,10);2H,1,5H2,(H,6,7)(H,8,9);2,5H,1,4H2,(H,6,7);3*2H,4H2,1H3,(H,5,6);1,3H2,(H,4,5)/t3-;5*2-;/m000000./s1. The zero-order chi connectivity index (χ0) is 41.2. The van der Waals surface area contributed by atoms with Crippen LogP contribution >= 0.6 is 0 Å². The molecule has 0 amide bonds. The lowest BCUT2D eigenvalue weighted by Crippen LogP contribution is -2.33. The van der Waals surface area contributed by atoms with Gasteiger partial charge in [-0.25, -0.2) is 0 Å². The van der Waals surface area contributed by atoms with E-state index in [2.05, 4.69) is 5.73 Å². The minimum Gasteiger partial charge on any atom is -0.481 e. The predicted octanol–water partition coefficient (Wildman–Crippen LogP) is -6.19. The van der Waals surface area contributed by atoms with Gasteiger partial charge in [-0.1, -0.05) is 0 Å². The summed E-state index contributed by atoms with van der Waals surface area (Å²) in [6, 6.07) is -5.67. The maximum Gasteiger partial charge on any atom is 0.322 e. The van der Waals surface area contributed by atoms with Crippen molar-refractivity contribution in [3.8, 4) is 0 Å². The van der Waals surface area contributed by atoms with Crippen molar-refractivity contribution in [2.24, 2.45) is 40.1 Å². The number of aliphatic carboxylic acids is 9. The van der Waals surface area contributed by atoms with Gasteiger partial charge in [-0.05, 0) is 27.2 Å². The second-order valence-electron chi connectivity index (χ2n) is 8.53. The second-order valence-corrected chi connectivity index (χ2v) is 8.53. The SMILES string of the molecule is C[C@H](N)C(=O)O.C[C@H](N)C(=O)O.C[C@H](N)C(=O)O.NCC(=O)O.N[C@@H](CC(=O)O)C(=O)O.N[C@@H](CCC(=O)O)C(=O)O.N[C@@H](CO)C(=O)O. The first-order valence-electron chi connectivity index (χ1n) is 12.8. The number of aliphatic hydroxyl groups excluding tert-OH is 1. The molecule has 0 aromatic rings. The number of carbonyl (C=O) groups is 9. The topological polar surface area (TPSA) is 538 Å². The maximum atomic E-state index is 9.99. The Morgan fingerprint density at radius 1 is 0.449 bits per heavy atom. The lowest BCUT2D eigenvalue weighted by molar-refractivity contribution is -0.144. The highest BCUT2D eigenvalue weighted by atomic mass is 16.4.